The number of aromatic nitrogens is 2. The van der Waals surface area contributed by atoms with Gasteiger partial charge in [0.25, 0.3) is 5.89 Å². The Morgan fingerprint density at radius 2 is 1.81 bits per heavy atom. The Morgan fingerprint density at radius 1 is 1.10 bits per heavy atom. The average Bonchev–Trinajstić information content (AvgIpc) is 2.91. The largest absolute Gasteiger partial charge is 0.508 e. The monoisotopic (exact) mass is 286 g/mol. The van der Waals surface area contributed by atoms with Crippen molar-refractivity contribution in [3.05, 3.63) is 29.6 Å². The summed E-state index contributed by atoms with van der Waals surface area (Å²) >= 11 is 0. The van der Waals surface area contributed by atoms with E-state index in [-0.39, 0.29) is 5.75 Å². The van der Waals surface area contributed by atoms with Crippen LogP contribution in [0.4, 0.5) is 0 Å². The predicted octanol–water partition coefficient (Wildman–Crippen LogP) is 4.58. The minimum Gasteiger partial charge on any atom is -0.508 e. The molecule has 0 atom stereocenters. The van der Waals surface area contributed by atoms with Crippen molar-refractivity contribution in [1.29, 1.82) is 0 Å². The van der Waals surface area contributed by atoms with E-state index in [4.69, 9.17) is 4.52 Å². The SMILES string of the molecule is Cc1ccc(-c2nc(C3CCCCCCC3)no2)cc1O. The van der Waals surface area contributed by atoms with E-state index in [1.54, 1.807) is 6.07 Å². The molecule has 4 nitrogen and oxygen atoms in total. The average molecular weight is 286 g/mol. The molecule has 1 aliphatic rings. The third kappa shape index (κ3) is 3.26. The lowest BCUT2D eigenvalue weighted by molar-refractivity contribution is 0.393. The molecule has 0 radical (unpaired) electrons. The second-order valence-corrected chi connectivity index (χ2v) is 6.00. The Balaban J connectivity index is 1.79. The van der Waals surface area contributed by atoms with Crippen molar-refractivity contribution < 1.29 is 9.63 Å². The number of nitrogens with zero attached hydrogens (tertiary/aromatic N) is 2. The molecule has 1 aromatic heterocycles. The first-order valence-electron chi connectivity index (χ1n) is 7.87. The number of aromatic hydroxyl groups is 1. The van der Waals surface area contributed by atoms with Gasteiger partial charge in [0.05, 0.1) is 0 Å². The third-order valence-corrected chi connectivity index (χ3v) is 4.37. The molecule has 1 fully saturated rings. The van der Waals surface area contributed by atoms with Crippen molar-refractivity contribution in [2.24, 2.45) is 0 Å². The molecule has 2 aromatic rings. The summed E-state index contributed by atoms with van der Waals surface area (Å²) in [4.78, 5) is 4.56. The van der Waals surface area contributed by atoms with Crippen LogP contribution >= 0.6 is 0 Å². The van der Waals surface area contributed by atoms with Gasteiger partial charge < -0.3 is 9.63 Å². The molecule has 0 aliphatic heterocycles. The van der Waals surface area contributed by atoms with Gasteiger partial charge in [-0.1, -0.05) is 43.3 Å². The lowest BCUT2D eigenvalue weighted by Gasteiger charge is -2.15. The van der Waals surface area contributed by atoms with E-state index < -0.39 is 0 Å². The fourth-order valence-corrected chi connectivity index (χ4v) is 2.97. The Kier molecular flexibility index (Phi) is 4.23. The van der Waals surface area contributed by atoms with E-state index >= 15 is 0 Å². The van der Waals surface area contributed by atoms with E-state index in [9.17, 15) is 5.11 Å². The van der Waals surface area contributed by atoms with Crippen LogP contribution < -0.4 is 0 Å². The molecule has 1 aliphatic carbocycles. The second kappa shape index (κ2) is 6.29. The fourth-order valence-electron chi connectivity index (χ4n) is 2.97. The van der Waals surface area contributed by atoms with Gasteiger partial charge in [-0.2, -0.15) is 4.98 Å². The van der Waals surface area contributed by atoms with Gasteiger partial charge in [0.1, 0.15) is 5.75 Å². The van der Waals surface area contributed by atoms with Crippen molar-refractivity contribution in [3.8, 4) is 17.2 Å². The summed E-state index contributed by atoms with van der Waals surface area (Å²) in [5.41, 5.74) is 1.63. The highest BCUT2D eigenvalue weighted by molar-refractivity contribution is 5.57. The molecule has 1 aromatic carbocycles. The number of benzene rings is 1. The quantitative estimate of drug-likeness (QED) is 0.878. The molecule has 0 saturated heterocycles. The number of phenolic OH excluding ortho intramolecular Hbond substituents is 1. The van der Waals surface area contributed by atoms with Crippen LogP contribution in [0.1, 0.15) is 62.3 Å². The maximum atomic E-state index is 9.80. The van der Waals surface area contributed by atoms with Crippen LogP contribution in [0.3, 0.4) is 0 Å². The van der Waals surface area contributed by atoms with Crippen LogP contribution in [0.25, 0.3) is 11.5 Å². The summed E-state index contributed by atoms with van der Waals surface area (Å²) in [5, 5.41) is 14.0. The summed E-state index contributed by atoms with van der Waals surface area (Å²) in [5.74, 6) is 2.01. The number of hydrogen-bond acceptors (Lipinski definition) is 4. The van der Waals surface area contributed by atoms with E-state index in [0.717, 1.165) is 29.8 Å². The summed E-state index contributed by atoms with van der Waals surface area (Å²) in [6.07, 6.45) is 8.78. The van der Waals surface area contributed by atoms with Crippen LogP contribution in [0.2, 0.25) is 0 Å². The van der Waals surface area contributed by atoms with E-state index in [0.29, 0.717) is 11.8 Å². The van der Waals surface area contributed by atoms with Gasteiger partial charge in [0.15, 0.2) is 5.82 Å². The zero-order valence-electron chi connectivity index (χ0n) is 12.5. The van der Waals surface area contributed by atoms with Crippen molar-refractivity contribution in [1.82, 2.24) is 10.1 Å². The molecule has 1 heterocycles. The van der Waals surface area contributed by atoms with E-state index in [2.05, 4.69) is 10.1 Å². The zero-order valence-corrected chi connectivity index (χ0v) is 12.5. The summed E-state index contributed by atoms with van der Waals surface area (Å²) in [7, 11) is 0. The number of phenols is 1. The topological polar surface area (TPSA) is 59.2 Å². The first-order chi connectivity index (χ1) is 10.2. The maximum Gasteiger partial charge on any atom is 0.258 e. The highest BCUT2D eigenvalue weighted by Gasteiger charge is 2.20. The van der Waals surface area contributed by atoms with Crippen LogP contribution in [0.15, 0.2) is 22.7 Å². The second-order valence-electron chi connectivity index (χ2n) is 6.00. The van der Waals surface area contributed by atoms with Gasteiger partial charge in [-0.25, -0.2) is 0 Å². The molecule has 4 heteroatoms. The minimum absolute atomic E-state index is 0.262. The summed E-state index contributed by atoms with van der Waals surface area (Å²) in [6, 6.07) is 5.46. The summed E-state index contributed by atoms with van der Waals surface area (Å²) in [6.45, 7) is 1.87. The predicted molar refractivity (Wildman–Crippen MR) is 81.2 cm³/mol. The Bertz CT molecular complexity index is 599. The number of aryl methyl sites for hydroxylation is 1. The third-order valence-electron chi connectivity index (χ3n) is 4.37. The van der Waals surface area contributed by atoms with E-state index in [1.807, 2.05) is 19.1 Å². The normalized spacial score (nSPS) is 17.4. The molecule has 0 unspecified atom stereocenters. The first-order valence-corrected chi connectivity index (χ1v) is 7.87. The summed E-state index contributed by atoms with van der Waals surface area (Å²) < 4.78 is 5.40. The Morgan fingerprint density at radius 3 is 2.52 bits per heavy atom. The van der Waals surface area contributed by atoms with Crippen LogP contribution in [-0.2, 0) is 0 Å². The molecule has 0 bridgehead atoms. The van der Waals surface area contributed by atoms with Crippen molar-refractivity contribution in [3.63, 3.8) is 0 Å². The zero-order chi connectivity index (χ0) is 14.7. The number of rotatable bonds is 2. The molecule has 1 N–H and O–H groups in total. The molecule has 21 heavy (non-hydrogen) atoms. The highest BCUT2D eigenvalue weighted by atomic mass is 16.5. The van der Waals surface area contributed by atoms with Gasteiger partial charge in [-0.3, -0.25) is 0 Å². The van der Waals surface area contributed by atoms with Gasteiger partial charge in [-0.15, -0.1) is 0 Å². The van der Waals surface area contributed by atoms with Gasteiger partial charge >= 0.3 is 0 Å². The van der Waals surface area contributed by atoms with Crippen LogP contribution in [0, 0.1) is 6.92 Å². The Labute approximate surface area is 125 Å². The molecule has 3 rings (SSSR count). The van der Waals surface area contributed by atoms with Gasteiger partial charge in [0.2, 0.25) is 0 Å². The van der Waals surface area contributed by atoms with Gasteiger partial charge in [0, 0.05) is 11.5 Å². The smallest absolute Gasteiger partial charge is 0.258 e. The standard InChI is InChI=1S/C17H22N2O2/c1-12-9-10-14(11-15(12)20)17-18-16(19-21-17)13-7-5-3-2-4-6-8-13/h9-11,13,20H,2-8H2,1H3. The van der Waals surface area contributed by atoms with E-state index in [1.165, 1.54) is 32.1 Å². The maximum absolute atomic E-state index is 9.80. The van der Waals surface area contributed by atoms with Crippen LogP contribution in [-0.4, -0.2) is 15.2 Å². The number of hydrogen-bond donors (Lipinski definition) is 1. The molecule has 0 amide bonds. The molecule has 112 valence electrons. The molecular weight excluding hydrogens is 264 g/mol. The lowest BCUT2D eigenvalue weighted by Crippen LogP contribution is -2.04. The van der Waals surface area contributed by atoms with Crippen molar-refractivity contribution >= 4 is 0 Å². The Hall–Kier alpha value is -1.84. The first kappa shape index (κ1) is 14.1. The fraction of sp³-hybridized carbons (Fsp3) is 0.529. The molecular formula is C17H22N2O2. The van der Waals surface area contributed by atoms with Gasteiger partial charge in [-0.05, 0) is 37.5 Å². The molecule has 1 saturated carbocycles. The van der Waals surface area contributed by atoms with Crippen molar-refractivity contribution in [2.75, 3.05) is 0 Å². The molecule has 0 spiro atoms. The van der Waals surface area contributed by atoms with Crippen LogP contribution in [0.5, 0.6) is 5.75 Å². The highest BCUT2D eigenvalue weighted by Crippen LogP contribution is 2.31. The van der Waals surface area contributed by atoms with Crippen molar-refractivity contribution in [2.45, 2.75) is 57.8 Å². The minimum atomic E-state index is 0.262. The lowest BCUT2D eigenvalue weighted by atomic mass is 9.91.